The third-order valence-corrected chi connectivity index (χ3v) is 2.17. The van der Waals surface area contributed by atoms with Gasteiger partial charge in [-0.1, -0.05) is 0 Å². The summed E-state index contributed by atoms with van der Waals surface area (Å²) in [6.07, 6.45) is 0. The number of rotatable bonds is 6. The molecule has 0 saturated heterocycles. The molecule has 0 fully saturated rings. The summed E-state index contributed by atoms with van der Waals surface area (Å²) in [6, 6.07) is -1.70. The fraction of sp³-hybridized carbons (Fsp3) is 0.727. The molecule has 0 spiro atoms. The molecule has 2 N–H and O–H groups in total. The maximum atomic E-state index is 11.8. The van der Waals surface area contributed by atoms with Gasteiger partial charge < -0.3 is 20.1 Å². The fourth-order valence-corrected chi connectivity index (χ4v) is 1.23. The van der Waals surface area contributed by atoms with Crippen LogP contribution < -0.4 is 5.32 Å². The largest absolute Gasteiger partial charge is 0.480 e. The summed E-state index contributed by atoms with van der Waals surface area (Å²) in [4.78, 5) is 34.9. The van der Waals surface area contributed by atoms with Gasteiger partial charge in [-0.05, 0) is 27.7 Å². The highest BCUT2D eigenvalue weighted by Crippen LogP contribution is 2.00. The number of carbonyl (C=O) groups is 3. The number of amides is 2. The molecule has 7 heteroatoms. The van der Waals surface area contributed by atoms with Crippen LogP contribution in [0.5, 0.6) is 0 Å². The molecular weight excluding hydrogens is 240 g/mol. The molecule has 104 valence electrons. The number of urea groups is 1. The van der Waals surface area contributed by atoms with Gasteiger partial charge >= 0.3 is 18.0 Å². The zero-order valence-corrected chi connectivity index (χ0v) is 11.1. The molecule has 1 unspecified atom stereocenters. The van der Waals surface area contributed by atoms with Crippen LogP contribution in [0.4, 0.5) is 4.79 Å². The molecule has 0 aromatic heterocycles. The molecule has 0 radical (unpaired) electrons. The van der Waals surface area contributed by atoms with E-state index in [4.69, 9.17) is 9.84 Å². The third kappa shape index (κ3) is 5.51. The second-order valence-electron chi connectivity index (χ2n) is 4.04. The molecule has 7 nitrogen and oxygen atoms in total. The zero-order valence-electron chi connectivity index (χ0n) is 11.1. The van der Waals surface area contributed by atoms with E-state index in [9.17, 15) is 14.4 Å². The van der Waals surface area contributed by atoms with Crippen molar-refractivity contribution < 1.29 is 24.2 Å². The van der Waals surface area contributed by atoms with Crippen LogP contribution in [0, 0.1) is 0 Å². The topological polar surface area (TPSA) is 95.9 Å². The molecule has 0 aromatic rings. The molecule has 0 aliphatic heterocycles. The van der Waals surface area contributed by atoms with Gasteiger partial charge in [0.25, 0.3) is 0 Å². The highest BCUT2D eigenvalue weighted by Gasteiger charge is 2.23. The number of hydrogen-bond donors (Lipinski definition) is 2. The Bertz CT molecular complexity index is 317. The number of hydrogen-bond acceptors (Lipinski definition) is 4. The lowest BCUT2D eigenvalue weighted by Gasteiger charge is -2.26. The second-order valence-corrected chi connectivity index (χ2v) is 4.04. The van der Waals surface area contributed by atoms with Gasteiger partial charge in [-0.15, -0.1) is 0 Å². The van der Waals surface area contributed by atoms with Gasteiger partial charge in [-0.25, -0.2) is 9.59 Å². The van der Waals surface area contributed by atoms with Gasteiger partial charge in [0.05, 0.1) is 6.61 Å². The molecule has 0 aliphatic carbocycles. The monoisotopic (exact) mass is 260 g/mol. The van der Waals surface area contributed by atoms with Crippen molar-refractivity contribution in [3.63, 3.8) is 0 Å². The van der Waals surface area contributed by atoms with Gasteiger partial charge in [-0.2, -0.15) is 0 Å². The standard InChI is InChI=1S/C11H20N2O5/c1-5-18-10(16)8(4)12-11(17)13(7(2)3)6-9(14)15/h7-8H,5-6H2,1-4H3,(H,12,17)(H,14,15). The Morgan fingerprint density at radius 1 is 1.28 bits per heavy atom. The first-order valence-electron chi connectivity index (χ1n) is 5.75. The van der Waals surface area contributed by atoms with Gasteiger partial charge in [-0.3, -0.25) is 4.79 Å². The number of carboxylic acid groups (broad SMARTS) is 1. The normalized spacial score (nSPS) is 11.8. The highest BCUT2D eigenvalue weighted by atomic mass is 16.5. The van der Waals surface area contributed by atoms with E-state index in [1.807, 2.05) is 0 Å². The molecular formula is C11H20N2O5. The predicted octanol–water partition coefficient (Wildman–Crippen LogP) is 0.443. The first-order chi connectivity index (χ1) is 8.29. The van der Waals surface area contributed by atoms with Crippen LogP contribution in [0.3, 0.4) is 0 Å². The van der Waals surface area contributed by atoms with Gasteiger partial charge in [0.2, 0.25) is 0 Å². The maximum absolute atomic E-state index is 11.8. The van der Waals surface area contributed by atoms with Crippen LogP contribution in [0.1, 0.15) is 27.7 Å². The summed E-state index contributed by atoms with van der Waals surface area (Å²) in [7, 11) is 0. The molecule has 0 rings (SSSR count). The SMILES string of the molecule is CCOC(=O)C(C)NC(=O)N(CC(=O)O)C(C)C. The molecule has 2 amide bonds. The number of nitrogens with one attached hydrogen (secondary N) is 1. The maximum Gasteiger partial charge on any atom is 0.328 e. The summed E-state index contributed by atoms with van der Waals surface area (Å²) in [5.74, 6) is -1.66. The minimum atomic E-state index is -1.11. The zero-order chi connectivity index (χ0) is 14.3. The van der Waals surface area contributed by atoms with Crippen molar-refractivity contribution in [3.05, 3.63) is 0 Å². The summed E-state index contributed by atoms with van der Waals surface area (Å²) in [5.41, 5.74) is 0. The first kappa shape index (κ1) is 16.2. The van der Waals surface area contributed by atoms with Crippen molar-refractivity contribution in [3.8, 4) is 0 Å². The molecule has 0 bridgehead atoms. The van der Waals surface area contributed by atoms with Crippen molar-refractivity contribution in [2.75, 3.05) is 13.2 Å². The third-order valence-electron chi connectivity index (χ3n) is 2.17. The summed E-state index contributed by atoms with van der Waals surface area (Å²) < 4.78 is 4.74. The smallest absolute Gasteiger partial charge is 0.328 e. The highest BCUT2D eigenvalue weighted by molar-refractivity contribution is 5.85. The molecule has 18 heavy (non-hydrogen) atoms. The van der Waals surface area contributed by atoms with E-state index in [2.05, 4.69) is 5.32 Å². The Hall–Kier alpha value is -1.79. The minimum absolute atomic E-state index is 0.224. The van der Waals surface area contributed by atoms with Crippen LogP contribution >= 0.6 is 0 Å². The van der Waals surface area contributed by atoms with E-state index in [1.54, 1.807) is 20.8 Å². The van der Waals surface area contributed by atoms with E-state index in [0.29, 0.717) is 0 Å². The van der Waals surface area contributed by atoms with Crippen LogP contribution in [0.2, 0.25) is 0 Å². The molecule has 0 heterocycles. The van der Waals surface area contributed by atoms with E-state index >= 15 is 0 Å². The quantitative estimate of drug-likeness (QED) is 0.676. The van der Waals surface area contributed by atoms with Crippen molar-refractivity contribution in [1.29, 1.82) is 0 Å². The lowest BCUT2D eigenvalue weighted by Crippen LogP contribution is -2.51. The van der Waals surface area contributed by atoms with Crippen LogP contribution in [0.25, 0.3) is 0 Å². The van der Waals surface area contributed by atoms with Gasteiger partial charge in [0.15, 0.2) is 0 Å². The lowest BCUT2D eigenvalue weighted by molar-refractivity contribution is -0.144. The lowest BCUT2D eigenvalue weighted by atomic mass is 10.3. The van der Waals surface area contributed by atoms with Crippen LogP contribution in [-0.2, 0) is 14.3 Å². The van der Waals surface area contributed by atoms with Crippen LogP contribution in [-0.4, -0.2) is 53.2 Å². The average molecular weight is 260 g/mol. The molecule has 0 aromatic carbocycles. The minimum Gasteiger partial charge on any atom is -0.480 e. The number of aliphatic carboxylic acids is 1. The van der Waals surface area contributed by atoms with E-state index < -0.39 is 30.6 Å². The Labute approximate surface area is 106 Å². The van der Waals surface area contributed by atoms with E-state index in [-0.39, 0.29) is 12.6 Å². The number of nitrogens with zero attached hydrogens (tertiary/aromatic N) is 1. The second kappa shape index (κ2) is 7.52. The molecule has 1 atom stereocenters. The number of carbonyl (C=O) groups excluding carboxylic acids is 2. The fourth-order valence-electron chi connectivity index (χ4n) is 1.23. The average Bonchev–Trinajstić information content (AvgIpc) is 2.25. The van der Waals surface area contributed by atoms with E-state index in [1.165, 1.54) is 6.92 Å². The molecule has 0 saturated carbocycles. The van der Waals surface area contributed by atoms with Crippen molar-refractivity contribution in [1.82, 2.24) is 10.2 Å². The predicted molar refractivity (Wildman–Crippen MR) is 64.1 cm³/mol. The van der Waals surface area contributed by atoms with Gasteiger partial charge in [0, 0.05) is 6.04 Å². The number of carboxylic acids is 1. The van der Waals surface area contributed by atoms with Crippen molar-refractivity contribution in [2.45, 2.75) is 39.8 Å². The Kier molecular flexibility index (Phi) is 6.77. The van der Waals surface area contributed by atoms with Crippen LogP contribution in [0.15, 0.2) is 0 Å². The molecule has 0 aliphatic rings. The first-order valence-corrected chi connectivity index (χ1v) is 5.75. The van der Waals surface area contributed by atoms with Crippen molar-refractivity contribution in [2.24, 2.45) is 0 Å². The number of esters is 1. The summed E-state index contributed by atoms with van der Waals surface area (Å²) in [6.45, 7) is 6.34. The summed E-state index contributed by atoms with van der Waals surface area (Å²) >= 11 is 0. The van der Waals surface area contributed by atoms with Gasteiger partial charge in [0.1, 0.15) is 12.6 Å². The Balaban J connectivity index is 4.51. The van der Waals surface area contributed by atoms with E-state index in [0.717, 1.165) is 4.90 Å². The number of ether oxygens (including phenoxy) is 1. The Morgan fingerprint density at radius 3 is 2.22 bits per heavy atom. The Morgan fingerprint density at radius 2 is 1.83 bits per heavy atom. The summed E-state index contributed by atoms with van der Waals surface area (Å²) in [5, 5.41) is 11.1. The van der Waals surface area contributed by atoms with Crippen molar-refractivity contribution >= 4 is 18.0 Å².